The molecule has 3 amide bonds. The second kappa shape index (κ2) is 10.3. The highest BCUT2D eigenvalue weighted by Crippen LogP contribution is 2.37. The molecular formula is C26H25N3O3S2. The van der Waals surface area contributed by atoms with Crippen molar-refractivity contribution in [3.05, 3.63) is 87.1 Å². The topological polar surface area (TPSA) is 78.5 Å². The Morgan fingerprint density at radius 3 is 2.44 bits per heavy atom. The molecule has 0 unspecified atom stereocenters. The molecule has 1 aliphatic heterocycles. The van der Waals surface area contributed by atoms with Gasteiger partial charge < -0.3 is 10.6 Å². The van der Waals surface area contributed by atoms with E-state index in [4.69, 9.17) is 0 Å². The lowest BCUT2D eigenvalue weighted by atomic mass is 10.2. The van der Waals surface area contributed by atoms with Crippen LogP contribution >= 0.6 is 23.1 Å². The molecule has 4 rings (SSSR count). The first-order valence-electron chi connectivity index (χ1n) is 10.9. The number of hydrogen-bond acceptors (Lipinski definition) is 6. The third-order valence-corrected chi connectivity index (χ3v) is 6.99. The van der Waals surface area contributed by atoms with Crippen LogP contribution in [0.25, 0.3) is 0 Å². The van der Waals surface area contributed by atoms with Crippen molar-refractivity contribution in [1.29, 1.82) is 0 Å². The third-order valence-electron chi connectivity index (χ3n) is 5.05. The second-order valence-electron chi connectivity index (χ2n) is 8.37. The summed E-state index contributed by atoms with van der Waals surface area (Å²) in [6.07, 6.45) is 0. The molecule has 0 fully saturated rings. The number of imide groups is 1. The number of benzene rings is 2. The summed E-state index contributed by atoms with van der Waals surface area (Å²) in [6, 6.07) is 18.5. The van der Waals surface area contributed by atoms with Gasteiger partial charge in [0, 0.05) is 22.8 Å². The van der Waals surface area contributed by atoms with Crippen molar-refractivity contribution < 1.29 is 14.4 Å². The molecule has 6 nitrogen and oxygen atoms in total. The van der Waals surface area contributed by atoms with E-state index in [1.165, 1.54) is 28.0 Å². The molecule has 0 aliphatic carbocycles. The highest BCUT2D eigenvalue weighted by atomic mass is 32.2. The maximum Gasteiger partial charge on any atom is 0.278 e. The minimum atomic E-state index is -0.330. The van der Waals surface area contributed by atoms with Crippen molar-refractivity contribution in [3.8, 4) is 0 Å². The molecule has 0 saturated heterocycles. The summed E-state index contributed by atoms with van der Waals surface area (Å²) in [5.74, 6) is -0.683. The summed E-state index contributed by atoms with van der Waals surface area (Å²) in [4.78, 5) is 41.8. The van der Waals surface area contributed by atoms with Crippen LogP contribution in [0.3, 0.4) is 0 Å². The van der Waals surface area contributed by atoms with E-state index in [2.05, 4.69) is 10.6 Å². The van der Waals surface area contributed by atoms with Crippen LogP contribution in [0.5, 0.6) is 0 Å². The van der Waals surface area contributed by atoms with Gasteiger partial charge in [0.25, 0.3) is 17.7 Å². The molecule has 2 heterocycles. The Kier molecular flexibility index (Phi) is 7.19. The average molecular weight is 492 g/mol. The van der Waals surface area contributed by atoms with E-state index < -0.39 is 0 Å². The summed E-state index contributed by atoms with van der Waals surface area (Å²) in [5, 5.41) is 7.90. The van der Waals surface area contributed by atoms with Crippen molar-refractivity contribution in [2.24, 2.45) is 5.92 Å². The zero-order valence-corrected chi connectivity index (χ0v) is 20.8. The Hall–Kier alpha value is -3.36. The minimum absolute atomic E-state index is 0.147. The van der Waals surface area contributed by atoms with Crippen molar-refractivity contribution in [2.75, 3.05) is 17.2 Å². The molecule has 0 spiro atoms. The summed E-state index contributed by atoms with van der Waals surface area (Å²) in [5.41, 5.74) is 2.73. The predicted molar refractivity (Wildman–Crippen MR) is 138 cm³/mol. The molecular weight excluding hydrogens is 466 g/mol. The number of nitrogens with one attached hydrogen (secondary N) is 2. The van der Waals surface area contributed by atoms with Crippen LogP contribution < -0.4 is 10.6 Å². The fourth-order valence-electron chi connectivity index (χ4n) is 3.43. The van der Waals surface area contributed by atoms with Crippen molar-refractivity contribution in [2.45, 2.75) is 25.7 Å². The van der Waals surface area contributed by atoms with E-state index in [0.717, 1.165) is 16.1 Å². The summed E-state index contributed by atoms with van der Waals surface area (Å²) in [7, 11) is 0. The molecule has 0 bridgehead atoms. The van der Waals surface area contributed by atoms with Gasteiger partial charge in [-0.05, 0) is 54.6 Å². The first kappa shape index (κ1) is 23.8. The van der Waals surface area contributed by atoms with E-state index in [0.29, 0.717) is 22.0 Å². The maximum absolute atomic E-state index is 13.2. The van der Waals surface area contributed by atoms with Crippen molar-refractivity contribution >= 4 is 52.2 Å². The highest BCUT2D eigenvalue weighted by molar-refractivity contribution is 8.04. The molecule has 2 aromatic carbocycles. The normalized spacial score (nSPS) is 13.7. The van der Waals surface area contributed by atoms with E-state index in [9.17, 15) is 14.4 Å². The molecule has 1 aliphatic rings. The molecule has 8 heteroatoms. The molecule has 0 saturated carbocycles. The van der Waals surface area contributed by atoms with Gasteiger partial charge in [-0.3, -0.25) is 19.3 Å². The molecule has 174 valence electrons. The van der Waals surface area contributed by atoms with Crippen molar-refractivity contribution in [3.63, 3.8) is 0 Å². The number of rotatable bonds is 8. The number of thioether (sulfide) groups is 1. The number of carbonyl (C=O) groups is 3. The molecule has 0 radical (unpaired) electrons. The fourth-order valence-corrected chi connectivity index (χ4v) is 5.05. The van der Waals surface area contributed by atoms with Crippen LogP contribution in [-0.2, 0) is 9.59 Å². The van der Waals surface area contributed by atoms with Gasteiger partial charge >= 0.3 is 0 Å². The summed E-state index contributed by atoms with van der Waals surface area (Å²) in [6.45, 7) is 6.28. The lowest BCUT2D eigenvalue weighted by Crippen LogP contribution is -2.35. The number of thiophene rings is 1. The lowest BCUT2D eigenvalue weighted by molar-refractivity contribution is -0.137. The van der Waals surface area contributed by atoms with E-state index in [1.54, 1.807) is 18.2 Å². The van der Waals surface area contributed by atoms with Crippen LogP contribution in [-0.4, -0.2) is 29.2 Å². The Bertz CT molecular complexity index is 1250. The van der Waals surface area contributed by atoms with Crippen LogP contribution in [0.4, 0.5) is 11.4 Å². The highest BCUT2D eigenvalue weighted by Gasteiger charge is 2.39. The van der Waals surface area contributed by atoms with Gasteiger partial charge in [-0.25, -0.2) is 0 Å². The van der Waals surface area contributed by atoms with Crippen molar-refractivity contribution in [1.82, 2.24) is 4.90 Å². The Balaban J connectivity index is 1.61. The quantitative estimate of drug-likeness (QED) is 0.392. The van der Waals surface area contributed by atoms with Gasteiger partial charge in [0.05, 0.1) is 4.88 Å². The molecule has 0 atom stereocenters. The Morgan fingerprint density at radius 1 is 1.00 bits per heavy atom. The molecule has 2 N–H and O–H groups in total. The summed E-state index contributed by atoms with van der Waals surface area (Å²) < 4.78 is 0. The number of amides is 3. The van der Waals surface area contributed by atoms with Crippen LogP contribution in [0.15, 0.2) is 81.5 Å². The number of anilines is 2. The first-order chi connectivity index (χ1) is 16.3. The minimum Gasteiger partial charge on any atom is -0.350 e. The van der Waals surface area contributed by atoms with E-state index in [1.807, 2.05) is 68.6 Å². The number of hydrogen-bond donors (Lipinski definition) is 2. The lowest BCUT2D eigenvalue weighted by Gasteiger charge is -2.17. The second-order valence-corrected chi connectivity index (χ2v) is 10.4. The van der Waals surface area contributed by atoms with Gasteiger partial charge in [-0.15, -0.1) is 11.3 Å². The molecule has 1 aromatic heterocycles. The van der Waals surface area contributed by atoms with Crippen LogP contribution in [0, 0.1) is 12.8 Å². The third kappa shape index (κ3) is 5.40. The van der Waals surface area contributed by atoms with Gasteiger partial charge in [-0.2, -0.15) is 0 Å². The van der Waals surface area contributed by atoms with E-state index in [-0.39, 0.29) is 29.3 Å². The maximum atomic E-state index is 13.2. The fraction of sp³-hybridized carbons (Fsp3) is 0.192. The zero-order chi connectivity index (χ0) is 24.2. The monoisotopic (exact) mass is 491 g/mol. The number of nitrogens with zero attached hydrogens (tertiary/aromatic N) is 1. The first-order valence-corrected chi connectivity index (χ1v) is 12.6. The van der Waals surface area contributed by atoms with Crippen LogP contribution in [0.2, 0.25) is 0 Å². The van der Waals surface area contributed by atoms with Crippen LogP contribution in [0.1, 0.15) is 29.1 Å². The Morgan fingerprint density at radius 2 is 1.76 bits per heavy atom. The molecule has 34 heavy (non-hydrogen) atoms. The Labute approximate surface area is 207 Å². The van der Waals surface area contributed by atoms with Gasteiger partial charge in [-0.1, -0.05) is 55.4 Å². The number of aryl methyl sites for hydroxylation is 1. The SMILES string of the molecule is Cc1ccc(NC2=C(Sc3cccc(NC(=O)c4cccs4)c3)C(=O)N(CC(C)C)C2=O)cc1. The van der Waals surface area contributed by atoms with Gasteiger partial charge in [0.1, 0.15) is 10.6 Å². The van der Waals surface area contributed by atoms with Gasteiger partial charge in [0.2, 0.25) is 0 Å². The zero-order valence-electron chi connectivity index (χ0n) is 19.1. The number of carbonyl (C=O) groups excluding carboxylic acids is 3. The smallest absolute Gasteiger partial charge is 0.278 e. The standard InChI is InChI=1S/C26H25N3O3S2/c1-16(2)15-29-25(31)22(27-18-11-9-17(3)10-12-18)23(26(29)32)34-20-7-4-6-19(14-20)28-24(30)21-8-5-13-33-21/h4-14,16,27H,15H2,1-3H3,(H,28,30). The average Bonchev–Trinajstić information content (AvgIpc) is 3.41. The van der Waals surface area contributed by atoms with E-state index >= 15 is 0 Å². The summed E-state index contributed by atoms with van der Waals surface area (Å²) >= 11 is 2.59. The largest absolute Gasteiger partial charge is 0.350 e. The molecule has 3 aromatic rings. The predicted octanol–water partition coefficient (Wildman–Crippen LogP) is 5.75. The van der Waals surface area contributed by atoms with Gasteiger partial charge in [0.15, 0.2) is 0 Å².